The van der Waals surface area contributed by atoms with Crippen LogP contribution >= 0.6 is 11.3 Å². The Morgan fingerprint density at radius 3 is 2.50 bits per heavy atom. The normalized spacial score (nSPS) is 12.7. The Bertz CT molecular complexity index is 1100. The second-order valence-electron chi connectivity index (χ2n) is 7.90. The van der Waals surface area contributed by atoms with E-state index in [9.17, 15) is 9.59 Å². The number of hydrogen-bond donors (Lipinski definition) is 1. The van der Waals surface area contributed by atoms with Crippen molar-refractivity contribution in [2.24, 2.45) is 0 Å². The Morgan fingerprint density at radius 1 is 1.23 bits per heavy atom. The number of aromatic nitrogens is 2. The highest BCUT2D eigenvalue weighted by molar-refractivity contribution is 7.20. The third-order valence-electron chi connectivity index (χ3n) is 5.41. The largest absolute Gasteiger partial charge is 0.462 e. The number of nitrogens with one attached hydrogen (secondary N) is 1. The lowest BCUT2D eigenvalue weighted by Gasteiger charge is -2.24. The molecule has 160 valence electrons. The molecular formula is C23H29N3O3S. The van der Waals surface area contributed by atoms with E-state index < -0.39 is 5.97 Å². The van der Waals surface area contributed by atoms with Crippen molar-refractivity contribution in [1.82, 2.24) is 14.9 Å². The van der Waals surface area contributed by atoms with Crippen LogP contribution in [0, 0.1) is 6.92 Å². The number of rotatable bonds is 7. The van der Waals surface area contributed by atoms with Crippen molar-refractivity contribution in [3.05, 3.63) is 62.0 Å². The predicted molar refractivity (Wildman–Crippen MR) is 121 cm³/mol. The number of nitrogens with zero attached hydrogens (tertiary/aromatic N) is 2. The van der Waals surface area contributed by atoms with Crippen LogP contribution in [0.3, 0.4) is 0 Å². The molecule has 3 aromatic rings. The first-order valence-electron chi connectivity index (χ1n) is 10.2. The molecule has 1 N–H and O–H groups in total. The van der Waals surface area contributed by atoms with Crippen LogP contribution in [0.25, 0.3) is 10.2 Å². The topological polar surface area (TPSA) is 75.3 Å². The first-order valence-corrected chi connectivity index (χ1v) is 11.0. The van der Waals surface area contributed by atoms with Gasteiger partial charge in [-0.05, 0) is 50.4 Å². The maximum atomic E-state index is 12.7. The molecule has 1 atom stereocenters. The second kappa shape index (κ2) is 9.10. The van der Waals surface area contributed by atoms with Crippen LogP contribution in [-0.2, 0) is 11.3 Å². The summed E-state index contributed by atoms with van der Waals surface area (Å²) < 4.78 is 5.11. The van der Waals surface area contributed by atoms with Crippen LogP contribution in [-0.4, -0.2) is 34.5 Å². The second-order valence-corrected chi connectivity index (χ2v) is 8.89. The molecule has 0 fully saturated rings. The SMILES string of the molecule is CCOC(=O)c1sc2nc(C(C)N(C)Cc3ccc(C(C)C)cc3)[nH]c(=O)c2c1C. The average molecular weight is 428 g/mol. The third-order valence-corrected chi connectivity index (χ3v) is 6.58. The molecule has 0 saturated carbocycles. The molecule has 2 aromatic heterocycles. The van der Waals surface area contributed by atoms with Gasteiger partial charge in [-0.25, -0.2) is 9.78 Å². The molecule has 2 heterocycles. The van der Waals surface area contributed by atoms with Gasteiger partial charge in [0.2, 0.25) is 0 Å². The lowest BCUT2D eigenvalue weighted by atomic mass is 10.0. The molecule has 0 aliphatic rings. The lowest BCUT2D eigenvalue weighted by Crippen LogP contribution is -2.25. The zero-order chi connectivity index (χ0) is 22.0. The van der Waals surface area contributed by atoms with Crippen LogP contribution in [0.5, 0.6) is 0 Å². The van der Waals surface area contributed by atoms with Gasteiger partial charge in [0.1, 0.15) is 15.5 Å². The lowest BCUT2D eigenvalue weighted by molar-refractivity contribution is 0.0531. The van der Waals surface area contributed by atoms with Crippen molar-refractivity contribution >= 4 is 27.5 Å². The molecule has 1 aromatic carbocycles. The monoisotopic (exact) mass is 427 g/mol. The highest BCUT2D eigenvalue weighted by Gasteiger charge is 2.22. The van der Waals surface area contributed by atoms with E-state index in [0.717, 1.165) is 6.54 Å². The van der Waals surface area contributed by atoms with Crippen molar-refractivity contribution < 1.29 is 9.53 Å². The number of aryl methyl sites for hydroxylation is 1. The van der Waals surface area contributed by atoms with E-state index in [0.29, 0.717) is 39.0 Å². The first-order chi connectivity index (χ1) is 14.2. The smallest absolute Gasteiger partial charge is 0.348 e. The van der Waals surface area contributed by atoms with Crippen molar-refractivity contribution in [1.29, 1.82) is 0 Å². The zero-order valence-corrected chi connectivity index (χ0v) is 19.2. The van der Waals surface area contributed by atoms with Gasteiger partial charge in [0, 0.05) is 6.54 Å². The third kappa shape index (κ3) is 4.47. The number of esters is 1. The molecule has 30 heavy (non-hydrogen) atoms. The summed E-state index contributed by atoms with van der Waals surface area (Å²) in [5.74, 6) is 0.685. The van der Waals surface area contributed by atoms with Gasteiger partial charge in [-0.3, -0.25) is 9.69 Å². The Balaban J connectivity index is 1.86. The summed E-state index contributed by atoms with van der Waals surface area (Å²) in [7, 11) is 2.01. The summed E-state index contributed by atoms with van der Waals surface area (Å²) in [5, 5.41) is 0.464. The van der Waals surface area contributed by atoms with Crippen LogP contribution in [0.2, 0.25) is 0 Å². The summed E-state index contributed by atoms with van der Waals surface area (Å²) in [6.07, 6.45) is 0. The fourth-order valence-corrected chi connectivity index (χ4v) is 4.47. The van der Waals surface area contributed by atoms with Crippen molar-refractivity contribution in [2.75, 3.05) is 13.7 Å². The quantitative estimate of drug-likeness (QED) is 0.549. The van der Waals surface area contributed by atoms with Gasteiger partial charge in [-0.15, -0.1) is 11.3 Å². The molecular weight excluding hydrogens is 398 g/mol. The fourth-order valence-electron chi connectivity index (χ4n) is 3.39. The number of fused-ring (bicyclic) bond motifs is 1. The van der Waals surface area contributed by atoms with Crippen LogP contribution in [0.4, 0.5) is 0 Å². The van der Waals surface area contributed by atoms with Crippen LogP contribution in [0.15, 0.2) is 29.1 Å². The van der Waals surface area contributed by atoms with Crippen molar-refractivity contribution in [2.45, 2.75) is 53.1 Å². The number of carbonyl (C=O) groups is 1. The standard InChI is InChI=1S/C23H29N3O3S/c1-7-29-23(28)19-14(4)18-21(27)24-20(25-22(18)30-19)15(5)26(6)12-16-8-10-17(11-9-16)13(2)3/h8-11,13,15H,7,12H2,1-6H3,(H,24,25,27). The number of benzene rings is 1. The minimum Gasteiger partial charge on any atom is -0.462 e. The Kier molecular flexibility index (Phi) is 6.73. The first kappa shape index (κ1) is 22.2. The average Bonchev–Trinajstić information content (AvgIpc) is 3.05. The van der Waals surface area contributed by atoms with Crippen LogP contribution < -0.4 is 5.56 Å². The maximum absolute atomic E-state index is 12.7. The molecule has 0 radical (unpaired) electrons. The molecule has 1 unspecified atom stereocenters. The van der Waals surface area contributed by atoms with Crippen LogP contribution in [0.1, 0.15) is 71.8 Å². The Hall–Kier alpha value is -2.51. The fraction of sp³-hybridized carbons (Fsp3) is 0.435. The van der Waals surface area contributed by atoms with Crippen molar-refractivity contribution in [3.63, 3.8) is 0 Å². The van der Waals surface area contributed by atoms with Gasteiger partial charge in [0.05, 0.1) is 18.0 Å². The van der Waals surface area contributed by atoms with Gasteiger partial charge in [-0.1, -0.05) is 38.1 Å². The summed E-state index contributed by atoms with van der Waals surface area (Å²) in [5.41, 5.74) is 2.92. The van der Waals surface area contributed by atoms with Crippen molar-refractivity contribution in [3.8, 4) is 0 Å². The Labute approximate surface area is 180 Å². The minimum atomic E-state index is -0.408. The van der Waals surface area contributed by atoms with E-state index in [1.54, 1.807) is 13.8 Å². The number of thiophene rings is 1. The predicted octanol–water partition coefficient (Wildman–Crippen LogP) is 4.79. The summed E-state index contributed by atoms with van der Waals surface area (Å²) in [6, 6.07) is 8.52. The number of aromatic amines is 1. The summed E-state index contributed by atoms with van der Waals surface area (Å²) in [4.78, 5) is 35.7. The maximum Gasteiger partial charge on any atom is 0.348 e. The van der Waals surface area contributed by atoms with Gasteiger partial charge < -0.3 is 9.72 Å². The molecule has 0 bridgehead atoms. The summed E-state index contributed by atoms with van der Waals surface area (Å²) in [6.45, 7) is 10.9. The minimum absolute atomic E-state index is 0.0969. The van der Waals surface area contributed by atoms with E-state index in [2.05, 4.69) is 53.0 Å². The molecule has 0 aliphatic heterocycles. The van der Waals surface area contributed by atoms with E-state index in [4.69, 9.17) is 4.74 Å². The van der Waals surface area contributed by atoms with E-state index >= 15 is 0 Å². The van der Waals surface area contributed by atoms with Gasteiger partial charge in [0.25, 0.3) is 5.56 Å². The molecule has 0 aliphatic carbocycles. The molecule has 0 saturated heterocycles. The molecule has 7 heteroatoms. The molecule has 0 amide bonds. The molecule has 3 rings (SSSR count). The van der Waals surface area contributed by atoms with E-state index in [1.165, 1.54) is 22.5 Å². The summed E-state index contributed by atoms with van der Waals surface area (Å²) >= 11 is 1.21. The van der Waals surface area contributed by atoms with Gasteiger partial charge >= 0.3 is 5.97 Å². The van der Waals surface area contributed by atoms with E-state index in [-0.39, 0.29) is 11.6 Å². The highest BCUT2D eigenvalue weighted by atomic mass is 32.1. The zero-order valence-electron chi connectivity index (χ0n) is 18.4. The van der Waals surface area contributed by atoms with E-state index in [1.807, 2.05) is 14.0 Å². The number of ether oxygens (including phenoxy) is 1. The number of hydrogen-bond acceptors (Lipinski definition) is 6. The van der Waals surface area contributed by atoms with Gasteiger partial charge in [-0.2, -0.15) is 0 Å². The van der Waals surface area contributed by atoms with Gasteiger partial charge in [0.15, 0.2) is 0 Å². The highest BCUT2D eigenvalue weighted by Crippen LogP contribution is 2.29. The number of H-pyrrole nitrogens is 1. The molecule has 0 spiro atoms. The Morgan fingerprint density at radius 2 is 1.90 bits per heavy atom. The molecule has 6 nitrogen and oxygen atoms in total. The number of carbonyl (C=O) groups excluding carboxylic acids is 1.